The third kappa shape index (κ3) is 3.01. The third-order valence-corrected chi connectivity index (χ3v) is 4.53. The lowest BCUT2D eigenvalue weighted by Gasteiger charge is -2.19. The molecule has 0 saturated carbocycles. The maximum absolute atomic E-state index is 6.26. The van der Waals surface area contributed by atoms with E-state index in [9.17, 15) is 0 Å². The number of halogens is 3. The zero-order valence-corrected chi connectivity index (χ0v) is 12.8. The van der Waals surface area contributed by atoms with E-state index in [4.69, 9.17) is 34.8 Å². The van der Waals surface area contributed by atoms with Gasteiger partial charge in [0.05, 0.1) is 10.4 Å². The highest BCUT2D eigenvalue weighted by atomic mass is 35.5. The number of benzene rings is 1. The highest BCUT2D eigenvalue weighted by molar-refractivity contribution is 7.16. The van der Waals surface area contributed by atoms with Crippen molar-refractivity contribution in [2.75, 3.05) is 6.54 Å². The van der Waals surface area contributed by atoms with E-state index < -0.39 is 0 Å². The van der Waals surface area contributed by atoms with Gasteiger partial charge in [-0.3, -0.25) is 0 Å². The van der Waals surface area contributed by atoms with Crippen molar-refractivity contribution in [3.63, 3.8) is 0 Å². The summed E-state index contributed by atoms with van der Waals surface area (Å²) in [5, 5.41) is 4.72. The van der Waals surface area contributed by atoms with Crippen molar-refractivity contribution in [3.05, 3.63) is 55.2 Å². The Labute approximate surface area is 126 Å². The molecule has 5 heteroatoms. The Morgan fingerprint density at radius 1 is 1.11 bits per heavy atom. The fourth-order valence-electron chi connectivity index (χ4n) is 1.82. The fourth-order valence-corrected chi connectivity index (χ4v) is 3.58. The Kier molecular flexibility index (Phi) is 4.93. The molecular formula is C13H12Cl3NS. The molecule has 1 aromatic heterocycles. The lowest BCUT2D eigenvalue weighted by molar-refractivity contribution is 0.640. The van der Waals surface area contributed by atoms with Crippen molar-refractivity contribution in [2.45, 2.75) is 13.0 Å². The number of hydrogen-bond acceptors (Lipinski definition) is 2. The lowest BCUT2D eigenvalue weighted by atomic mass is 10.1. The van der Waals surface area contributed by atoms with Gasteiger partial charge in [0.1, 0.15) is 0 Å². The summed E-state index contributed by atoms with van der Waals surface area (Å²) in [6, 6.07) is 9.41. The molecule has 1 N–H and O–H groups in total. The van der Waals surface area contributed by atoms with Crippen molar-refractivity contribution in [2.24, 2.45) is 0 Å². The first-order valence-electron chi connectivity index (χ1n) is 5.56. The molecule has 96 valence electrons. The zero-order chi connectivity index (χ0) is 13.1. The molecule has 1 atom stereocenters. The Hall–Kier alpha value is -0.250. The van der Waals surface area contributed by atoms with Crippen molar-refractivity contribution in [1.29, 1.82) is 0 Å². The van der Waals surface area contributed by atoms with Gasteiger partial charge in [0.15, 0.2) is 0 Å². The van der Waals surface area contributed by atoms with E-state index in [0.717, 1.165) is 21.3 Å². The van der Waals surface area contributed by atoms with Crippen LogP contribution in [0.25, 0.3) is 0 Å². The van der Waals surface area contributed by atoms with Crippen LogP contribution in [-0.4, -0.2) is 6.54 Å². The predicted molar refractivity (Wildman–Crippen MR) is 81.3 cm³/mol. The second kappa shape index (κ2) is 6.27. The largest absolute Gasteiger partial charge is 0.306 e. The topological polar surface area (TPSA) is 12.0 Å². The van der Waals surface area contributed by atoms with Crippen molar-refractivity contribution < 1.29 is 0 Å². The number of nitrogens with one attached hydrogen (secondary N) is 1. The van der Waals surface area contributed by atoms with Gasteiger partial charge in [-0.25, -0.2) is 0 Å². The molecule has 1 unspecified atom stereocenters. The average molecular weight is 321 g/mol. The molecular weight excluding hydrogens is 309 g/mol. The van der Waals surface area contributed by atoms with Crippen LogP contribution in [0.5, 0.6) is 0 Å². The van der Waals surface area contributed by atoms with Gasteiger partial charge in [0.2, 0.25) is 0 Å². The van der Waals surface area contributed by atoms with Gasteiger partial charge in [-0.2, -0.15) is 0 Å². The van der Waals surface area contributed by atoms with Crippen molar-refractivity contribution >= 4 is 46.1 Å². The van der Waals surface area contributed by atoms with Crippen LogP contribution < -0.4 is 5.32 Å². The molecule has 0 amide bonds. The summed E-state index contributed by atoms with van der Waals surface area (Å²) in [6.07, 6.45) is 0. The van der Waals surface area contributed by atoms with Crippen LogP contribution in [0.15, 0.2) is 30.3 Å². The SMILES string of the molecule is CCNC(c1ccc(Cl)s1)c1c(Cl)cccc1Cl. The molecule has 18 heavy (non-hydrogen) atoms. The first-order chi connectivity index (χ1) is 8.63. The van der Waals surface area contributed by atoms with Crippen molar-refractivity contribution in [1.82, 2.24) is 5.32 Å². The first-order valence-corrected chi connectivity index (χ1v) is 7.51. The van der Waals surface area contributed by atoms with Crippen LogP contribution in [-0.2, 0) is 0 Å². The van der Waals surface area contributed by atoms with E-state index in [1.165, 1.54) is 11.3 Å². The number of hydrogen-bond donors (Lipinski definition) is 1. The van der Waals surface area contributed by atoms with Gasteiger partial charge in [-0.1, -0.05) is 47.8 Å². The van der Waals surface area contributed by atoms with Gasteiger partial charge in [-0.15, -0.1) is 11.3 Å². The van der Waals surface area contributed by atoms with E-state index in [0.29, 0.717) is 10.0 Å². The van der Waals surface area contributed by atoms with Crippen LogP contribution >= 0.6 is 46.1 Å². The predicted octanol–water partition coefficient (Wildman–Crippen LogP) is 5.41. The van der Waals surface area contributed by atoms with Crippen LogP contribution in [0.1, 0.15) is 23.4 Å². The molecule has 0 aliphatic carbocycles. The first kappa shape index (κ1) is 14.2. The maximum Gasteiger partial charge on any atom is 0.0931 e. The van der Waals surface area contributed by atoms with E-state index >= 15 is 0 Å². The molecule has 0 spiro atoms. The van der Waals surface area contributed by atoms with Crippen LogP contribution in [0.3, 0.4) is 0 Å². The number of thiophene rings is 1. The summed E-state index contributed by atoms with van der Waals surface area (Å²) in [7, 11) is 0. The fraction of sp³-hybridized carbons (Fsp3) is 0.231. The average Bonchev–Trinajstić information content (AvgIpc) is 2.74. The van der Waals surface area contributed by atoms with Gasteiger partial charge < -0.3 is 5.32 Å². The standard InChI is InChI=1S/C13H12Cl3NS/c1-2-17-13(10-6-7-11(16)18-10)12-8(14)4-3-5-9(12)15/h3-7,13,17H,2H2,1H3. The van der Waals surface area contributed by atoms with Gasteiger partial charge >= 0.3 is 0 Å². The van der Waals surface area contributed by atoms with E-state index in [2.05, 4.69) is 5.32 Å². The van der Waals surface area contributed by atoms with E-state index in [1.54, 1.807) is 0 Å². The third-order valence-electron chi connectivity index (χ3n) is 2.58. The lowest BCUT2D eigenvalue weighted by Crippen LogP contribution is -2.21. The molecule has 2 rings (SSSR count). The Balaban J connectivity index is 2.47. The summed E-state index contributed by atoms with van der Waals surface area (Å²) in [6.45, 7) is 2.87. The van der Waals surface area contributed by atoms with Gasteiger partial charge in [0, 0.05) is 20.5 Å². The highest BCUT2D eigenvalue weighted by Crippen LogP contribution is 2.37. The minimum atomic E-state index is -0.0197. The van der Waals surface area contributed by atoms with E-state index in [1.807, 2.05) is 37.3 Å². The van der Waals surface area contributed by atoms with Gasteiger partial charge in [0.25, 0.3) is 0 Å². The Morgan fingerprint density at radius 2 is 1.78 bits per heavy atom. The summed E-state index contributed by atoms with van der Waals surface area (Å²) in [5.41, 5.74) is 0.904. The normalized spacial score (nSPS) is 12.7. The minimum Gasteiger partial charge on any atom is -0.306 e. The quantitative estimate of drug-likeness (QED) is 0.794. The number of rotatable bonds is 4. The van der Waals surface area contributed by atoms with Crippen LogP contribution in [0.4, 0.5) is 0 Å². The summed E-state index contributed by atoms with van der Waals surface area (Å²) >= 11 is 20.1. The summed E-state index contributed by atoms with van der Waals surface area (Å²) < 4.78 is 0.760. The minimum absolute atomic E-state index is 0.0197. The molecule has 1 nitrogen and oxygen atoms in total. The molecule has 0 aliphatic heterocycles. The molecule has 0 radical (unpaired) electrons. The van der Waals surface area contributed by atoms with E-state index in [-0.39, 0.29) is 6.04 Å². The smallest absolute Gasteiger partial charge is 0.0931 e. The zero-order valence-electron chi connectivity index (χ0n) is 9.71. The molecule has 1 aromatic carbocycles. The molecule has 2 aromatic rings. The second-order valence-corrected chi connectivity index (χ2v) is 6.33. The highest BCUT2D eigenvalue weighted by Gasteiger charge is 2.20. The van der Waals surface area contributed by atoms with Crippen molar-refractivity contribution in [3.8, 4) is 0 Å². The Bertz CT molecular complexity index is 519. The van der Waals surface area contributed by atoms with Crippen LogP contribution in [0, 0.1) is 0 Å². The second-order valence-electron chi connectivity index (χ2n) is 3.77. The monoisotopic (exact) mass is 319 g/mol. The molecule has 0 aliphatic rings. The molecule has 0 bridgehead atoms. The van der Waals surface area contributed by atoms with Crippen LogP contribution in [0.2, 0.25) is 14.4 Å². The summed E-state index contributed by atoms with van der Waals surface area (Å²) in [4.78, 5) is 1.11. The molecule has 0 saturated heterocycles. The Morgan fingerprint density at radius 3 is 2.28 bits per heavy atom. The molecule has 1 heterocycles. The summed E-state index contributed by atoms with van der Waals surface area (Å²) in [5.74, 6) is 0. The molecule has 0 fully saturated rings. The maximum atomic E-state index is 6.26. The van der Waals surface area contributed by atoms with Gasteiger partial charge in [-0.05, 0) is 30.8 Å².